The molecule has 0 radical (unpaired) electrons. The number of nitrogens with zero attached hydrogens (tertiary/aromatic N) is 1. The number of carbonyl (C=O) groups is 4. The number of thioether (sulfide) groups is 1. The molecule has 0 aromatic heterocycles. The lowest BCUT2D eigenvalue weighted by molar-refractivity contribution is -0.144. The number of carboxylic acids is 1. The maximum atomic E-state index is 13.0. The normalized spacial score (nSPS) is 20.1. The Labute approximate surface area is 189 Å². The quantitative estimate of drug-likeness (QED) is 0.339. The van der Waals surface area contributed by atoms with Crippen molar-refractivity contribution in [2.75, 3.05) is 18.6 Å². The van der Waals surface area contributed by atoms with Gasteiger partial charge in [0, 0.05) is 6.54 Å². The number of rotatable bonds is 12. The van der Waals surface area contributed by atoms with Gasteiger partial charge in [-0.15, -0.1) is 0 Å². The molecule has 0 saturated carbocycles. The number of aliphatic carboxylic acids is 1. The molecule has 31 heavy (non-hydrogen) atoms. The highest BCUT2D eigenvalue weighted by atomic mass is 32.2. The molecular formula is C21H38N4O5S. The molecule has 0 spiro atoms. The van der Waals surface area contributed by atoms with Gasteiger partial charge in [0.1, 0.15) is 18.1 Å². The molecule has 10 heteroatoms. The fraction of sp³-hybridized carbons (Fsp3) is 0.810. The van der Waals surface area contributed by atoms with Crippen LogP contribution in [0.1, 0.15) is 53.4 Å². The Kier molecular flexibility index (Phi) is 11.3. The summed E-state index contributed by atoms with van der Waals surface area (Å²) in [6, 6.07) is -3.26. The minimum atomic E-state index is -1.12. The molecule has 178 valence electrons. The first-order valence-corrected chi connectivity index (χ1v) is 12.3. The van der Waals surface area contributed by atoms with E-state index in [1.165, 1.54) is 4.90 Å². The predicted molar refractivity (Wildman–Crippen MR) is 121 cm³/mol. The second kappa shape index (κ2) is 12.9. The molecule has 0 bridgehead atoms. The number of amides is 3. The van der Waals surface area contributed by atoms with Crippen molar-refractivity contribution in [2.24, 2.45) is 17.6 Å². The average Bonchev–Trinajstić information content (AvgIpc) is 3.21. The van der Waals surface area contributed by atoms with Crippen LogP contribution in [-0.2, 0) is 19.2 Å². The van der Waals surface area contributed by atoms with Gasteiger partial charge in [0.15, 0.2) is 0 Å². The van der Waals surface area contributed by atoms with Crippen LogP contribution in [0.3, 0.4) is 0 Å². The van der Waals surface area contributed by atoms with Crippen molar-refractivity contribution >= 4 is 35.5 Å². The van der Waals surface area contributed by atoms with Gasteiger partial charge in [-0.2, -0.15) is 11.8 Å². The number of likely N-dealkylation sites (tertiary alicyclic amines) is 1. The monoisotopic (exact) mass is 458 g/mol. The standard InChI is InChI=1S/C21H38N4O5S/c1-6-13(4)17(19(27)23-16(12(2)3)21(29)30)24-18(26)15-8-7-10-25(15)20(28)14(22)9-11-31-5/h12-17H,6-11,22H2,1-5H3,(H,23,27)(H,24,26)(H,29,30). The van der Waals surface area contributed by atoms with Gasteiger partial charge in [-0.25, -0.2) is 4.79 Å². The van der Waals surface area contributed by atoms with Crippen molar-refractivity contribution < 1.29 is 24.3 Å². The molecule has 0 aromatic carbocycles. The van der Waals surface area contributed by atoms with E-state index in [4.69, 9.17) is 5.73 Å². The van der Waals surface area contributed by atoms with E-state index in [1.54, 1.807) is 25.6 Å². The summed E-state index contributed by atoms with van der Waals surface area (Å²) in [5.41, 5.74) is 6.02. The number of nitrogens with one attached hydrogen (secondary N) is 2. The van der Waals surface area contributed by atoms with Gasteiger partial charge in [-0.3, -0.25) is 14.4 Å². The van der Waals surface area contributed by atoms with E-state index >= 15 is 0 Å². The van der Waals surface area contributed by atoms with Gasteiger partial charge in [-0.1, -0.05) is 34.1 Å². The molecular weight excluding hydrogens is 420 g/mol. The van der Waals surface area contributed by atoms with E-state index in [9.17, 15) is 24.3 Å². The summed E-state index contributed by atoms with van der Waals surface area (Å²) < 4.78 is 0. The summed E-state index contributed by atoms with van der Waals surface area (Å²) in [4.78, 5) is 51.6. The summed E-state index contributed by atoms with van der Waals surface area (Å²) in [5.74, 6) is -2.06. The molecule has 1 rings (SSSR count). The SMILES string of the molecule is CCC(C)C(NC(=O)C1CCCN1C(=O)C(N)CCSC)C(=O)NC(C(=O)O)C(C)C. The zero-order chi connectivity index (χ0) is 23.7. The highest BCUT2D eigenvalue weighted by molar-refractivity contribution is 7.98. The lowest BCUT2D eigenvalue weighted by Gasteiger charge is -2.30. The van der Waals surface area contributed by atoms with E-state index in [0.717, 1.165) is 5.75 Å². The second-order valence-corrected chi connectivity index (χ2v) is 9.50. The molecule has 1 fully saturated rings. The van der Waals surface area contributed by atoms with Crippen LogP contribution in [0.2, 0.25) is 0 Å². The molecule has 5 unspecified atom stereocenters. The van der Waals surface area contributed by atoms with Crippen molar-refractivity contribution in [1.82, 2.24) is 15.5 Å². The van der Waals surface area contributed by atoms with Crippen LogP contribution < -0.4 is 16.4 Å². The Morgan fingerprint density at radius 3 is 2.32 bits per heavy atom. The number of carbonyl (C=O) groups excluding carboxylic acids is 3. The van der Waals surface area contributed by atoms with Crippen LogP contribution in [0, 0.1) is 11.8 Å². The van der Waals surface area contributed by atoms with Crippen LogP contribution >= 0.6 is 11.8 Å². The second-order valence-electron chi connectivity index (χ2n) is 8.52. The van der Waals surface area contributed by atoms with Crippen LogP contribution in [0.25, 0.3) is 0 Å². The molecule has 0 aromatic rings. The first kappa shape index (κ1) is 27.2. The Morgan fingerprint density at radius 2 is 1.81 bits per heavy atom. The average molecular weight is 459 g/mol. The largest absolute Gasteiger partial charge is 0.480 e. The maximum absolute atomic E-state index is 13.0. The summed E-state index contributed by atoms with van der Waals surface area (Å²) in [6.07, 6.45) is 4.29. The fourth-order valence-electron chi connectivity index (χ4n) is 3.59. The summed E-state index contributed by atoms with van der Waals surface area (Å²) in [7, 11) is 0. The van der Waals surface area contributed by atoms with Gasteiger partial charge in [-0.05, 0) is 43.1 Å². The summed E-state index contributed by atoms with van der Waals surface area (Å²) >= 11 is 1.61. The number of carboxylic acid groups (broad SMARTS) is 1. The fourth-order valence-corrected chi connectivity index (χ4v) is 4.08. The third-order valence-corrected chi connectivity index (χ3v) is 6.46. The minimum absolute atomic E-state index is 0.208. The van der Waals surface area contributed by atoms with Gasteiger partial charge < -0.3 is 26.4 Å². The van der Waals surface area contributed by atoms with E-state index in [-0.39, 0.29) is 17.7 Å². The summed E-state index contributed by atoms with van der Waals surface area (Å²) in [5, 5.41) is 14.7. The van der Waals surface area contributed by atoms with Crippen molar-refractivity contribution in [2.45, 2.75) is 77.5 Å². The molecule has 0 aliphatic carbocycles. The molecule has 1 saturated heterocycles. The van der Waals surface area contributed by atoms with E-state index in [1.807, 2.05) is 20.1 Å². The number of nitrogens with two attached hydrogens (primary N) is 1. The Morgan fingerprint density at radius 1 is 1.16 bits per heavy atom. The molecule has 9 nitrogen and oxygen atoms in total. The Balaban J connectivity index is 2.92. The van der Waals surface area contributed by atoms with Crippen molar-refractivity contribution in [3.8, 4) is 0 Å². The molecule has 5 atom stereocenters. The van der Waals surface area contributed by atoms with Crippen LogP contribution in [0.4, 0.5) is 0 Å². The highest BCUT2D eigenvalue weighted by Crippen LogP contribution is 2.20. The first-order chi connectivity index (χ1) is 14.5. The minimum Gasteiger partial charge on any atom is -0.480 e. The smallest absolute Gasteiger partial charge is 0.326 e. The van der Waals surface area contributed by atoms with E-state index in [0.29, 0.717) is 32.2 Å². The third kappa shape index (κ3) is 7.68. The lowest BCUT2D eigenvalue weighted by atomic mass is 9.96. The van der Waals surface area contributed by atoms with E-state index in [2.05, 4.69) is 10.6 Å². The number of hydrogen-bond acceptors (Lipinski definition) is 6. The maximum Gasteiger partial charge on any atom is 0.326 e. The molecule has 3 amide bonds. The summed E-state index contributed by atoms with van der Waals surface area (Å²) in [6.45, 7) is 7.59. The molecule has 1 aliphatic heterocycles. The van der Waals surface area contributed by atoms with Crippen molar-refractivity contribution in [3.05, 3.63) is 0 Å². The topological polar surface area (TPSA) is 142 Å². The lowest BCUT2D eigenvalue weighted by Crippen LogP contribution is -2.58. The van der Waals surface area contributed by atoms with Crippen LogP contribution in [0.5, 0.6) is 0 Å². The van der Waals surface area contributed by atoms with Gasteiger partial charge in [0.25, 0.3) is 0 Å². The predicted octanol–water partition coefficient (Wildman–Crippen LogP) is 0.814. The molecule has 5 N–H and O–H groups in total. The molecule has 1 heterocycles. The van der Waals surface area contributed by atoms with E-state index < -0.39 is 42.0 Å². The van der Waals surface area contributed by atoms with Crippen LogP contribution in [0.15, 0.2) is 0 Å². The molecule has 1 aliphatic rings. The van der Waals surface area contributed by atoms with Gasteiger partial charge in [0.2, 0.25) is 17.7 Å². The highest BCUT2D eigenvalue weighted by Gasteiger charge is 2.38. The van der Waals surface area contributed by atoms with Crippen LogP contribution in [-0.4, -0.2) is 76.4 Å². The first-order valence-electron chi connectivity index (χ1n) is 10.9. The Bertz CT molecular complexity index is 645. The van der Waals surface area contributed by atoms with Gasteiger partial charge in [0.05, 0.1) is 6.04 Å². The van der Waals surface area contributed by atoms with Crippen molar-refractivity contribution in [3.63, 3.8) is 0 Å². The van der Waals surface area contributed by atoms with Gasteiger partial charge >= 0.3 is 5.97 Å². The zero-order valence-electron chi connectivity index (χ0n) is 19.2. The van der Waals surface area contributed by atoms with Crippen molar-refractivity contribution in [1.29, 1.82) is 0 Å². The zero-order valence-corrected chi connectivity index (χ0v) is 20.0. The Hall–Kier alpha value is -1.81. The number of hydrogen-bond donors (Lipinski definition) is 4. The third-order valence-electron chi connectivity index (χ3n) is 5.81.